The second-order valence-electron chi connectivity index (χ2n) is 6.66. The van der Waals surface area contributed by atoms with E-state index in [1.165, 1.54) is 6.33 Å². The Hall–Kier alpha value is -3.12. The topological polar surface area (TPSA) is 60.2 Å². The van der Waals surface area contributed by atoms with Crippen molar-refractivity contribution in [3.05, 3.63) is 76.8 Å². The van der Waals surface area contributed by atoms with Crippen LogP contribution in [0.3, 0.4) is 0 Å². The lowest BCUT2D eigenvalue weighted by molar-refractivity contribution is -0.128. The Labute approximate surface area is 168 Å². The third kappa shape index (κ3) is 3.51. The number of aromatic nitrogens is 3. The highest BCUT2D eigenvalue weighted by Crippen LogP contribution is 2.30. The van der Waals surface area contributed by atoms with Crippen LogP contribution in [0.4, 0.5) is 0 Å². The predicted molar refractivity (Wildman–Crippen MR) is 107 cm³/mol. The Morgan fingerprint density at radius 3 is 2.75 bits per heavy atom. The van der Waals surface area contributed by atoms with Gasteiger partial charge in [-0.15, -0.1) is 0 Å². The van der Waals surface area contributed by atoms with Crippen molar-refractivity contribution in [2.24, 2.45) is 0 Å². The van der Waals surface area contributed by atoms with E-state index in [2.05, 4.69) is 10.1 Å². The van der Waals surface area contributed by atoms with Gasteiger partial charge in [0, 0.05) is 17.6 Å². The molecule has 1 aliphatic heterocycles. The first-order valence-electron chi connectivity index (χ1n) is 8.88. The van der Waals surface area contributed by atoms with Crippen LogP contribution in [0.2, 0.25) is 5.02 Å². The number of halogens is 1. The number of hydrogen-bond donors (Lipinski definition) is 0. The van der Waals surface area contributed by atoms with Crippen LogP contribution >= 0.6 is 11.6 Å². The minimum Gasteiger partial charge on any atom is -0.488 e. The SMILES string of the molecule is CC(c1ccc(-n2cncn2)cc1)N(C)C(=O)C1=Cc2cc(Cl)ccc2OC1. The molecule has 4 rings (SSSR count). The van der Waals surface area contributed by atoms with E-state index in [4.69, 9.17) is 16.3 Å². The van der Waals surface area contributed by atoms with Gasteiger partial charge in [-0.25, -0.2) is 9.67 Å². The number of benzene rings is 2. The van der Waals surface area contributed by atoms with Crippen molar-refractivity contribution in [3.8, 4) is 11.4 Å². The van der Waals surface area contributed by atoms with Crippen LogP contribution in [-0.2, 0) is 4.79 Å². The minimum absolute atomic E-state index is 0.0709. The average molecular weight is 395 g/mol. The Morgan fingerprint density at radius 2 is 2.04 bits per heavy atom. The van der Waals surface area contributed by atoms with Gasteiger partial charge < -0.3 is 9.64 Å². The van der Waals surface area contributed by atoms with Gasteiger partial charge in [-0.3, -0.25) is 4.79 Å². The highest BCUT2D eigenvalue weighted by Gasteiger charge is 2.24. The second-order valence-corrected chi connectivity index (χ2v) is 7.10. The maximum atomic E-state index is 13.0. The zero-order chi connectivity index (χ0) is 19.7. The van der Waals surface area contributed by atoms with Gasteiger partial charge >= 0.3 is 0 Å². The maximum Gasteiger partial charge on any atom is 0.253 e. The van der Waals surface area contributed by atoms with Crippen LogP contribution in [0.5, 0.6) is 5.75 Å². The molecule has 0 radical (unpaired) electrons. The van der Waals surface area contributed by atoms with E-state index in [9.17, 15) is 4.79 Å². The van der Waals surface area contributed by atoms with E-state index in [0.29, 0.717) is 10.6 Å². The Kier molecular flexibility index (Phi) is 4.88. The van der Waals surface area contributed by atoms with Crippen molar-refractivity contribution >= 4 is 23.6 Å². The molecule has 0 spiro atoms. The molecule has 1 aromatic heterocycles. The third-order valence-corrected chi connectivity index (χ3v) is 5.15. The van der Waals surface area contributed by atoms with Crippen molar-refractivity contribution in [3.63, 3.8) is 0 Å². The van der Waals surface area contributed by atoms with Crippen LogP contribution in [0, 0.1) is 0 Å². The van der Waals surface area contributed by atoms with Crippen molar-refractivity contribution in [1.29, 1.82) is 0 Å². The minimum atomic E-state index is -0.0982. The zero-order valence-electron chi connectivity index (χ0n) is 15.5. The van der Waals surface area contributed by atoms with Gasteiger partial charge in [0.25, 0.3) is 5.91 Å². The summed E-state index contributed by atoms with van der Waals surface area (Å²) < 4.78 is 7.41. The summed E-state index contributed by atoms with van der Waals surface area (Å²) in [6.45, 7) is 2.24. The summed E-state index contributed by atoms with van der Waals surface area (Å²) in [6, 6.07) is 13.2. The molecule has 7 heteroatoms. The maximum absolute atomic E-state index is 13.0. The molecular weight excluding hydrogens is 376 g/mol. The number of likely N-dealkylation sites (N-methyl/N-ethyl adjacent to an activating group) is 1. The van der Waals surface area contributed by atoms with Crippen LogP contribution in [0.1, 0.15) is 24.1 Å². The standard InChI is InChI=1S/C21H19ClN4O2/c1-14(15-3-6-19(7-4-15)26-13-23-12-24-26)25(2)21(27)17-9-16-10-18(22)5-8-20(16)28-11-17/h3-10,12-14H,11H2,1-2H3. The fourth-order valence-electron chi connectivity index (χ4n) is 3.15. The summed E-state index contributed by atoms with van der Waals surface area (Å²) >= 11 is 6.06. The summed E-state index contributed by atoms with van der Waals surface area (Å²) in [7, 11) is 1.80. The Morgan fingerprint density at radius 1 is 1.25 bits per heavy atom. The van der Waals surface area contributed by atoms with Gasteiger partial charge in [0.1, 0.15) is 25.0 Å². The number of hydrogen-bond acceptors (Lipinski definition) is 4. The quantitative estimate of drug-likeness (QED) is 0.673. The number of carbonyl (C=O) groups excluding carboxylic acids is 1. The number of ether oxygens (including phenoxy) is 1. The van der Waals surface area contributed by atoms with E-state index >= 15 is 0 Å². The highest BCUT2D eigenvalue weighted by molar-refractivity contribution is 6.30. The van der Waals surface area contributed by atoms with Gasteiger partial charge in [-0.1, -0.05) is 23.7 Å². The summed E-state index contributed by atoms with van der Waals surface area (Å²) in [4.78, 5) is 18.7. The summed E-state index contributed by atoms with van der Waals surface area (Å²) in [5, 5.41) is 4.73. The first-order valence-corrected chi connectivity index (χ1v) is 9.26. The fourth-order valence-corrected chi connectivity index (χ4v) is 3.33. The second kappa shape index (κ2) is 7.48. The molecule has 1 amide bonds. The van der Waals surface area contributed by atoms with Crippen molar-refractivity contribution in [2.75, 3.05) is 13.7 Å². The van der Waals surface area contributed by atoms with Crippen LogP contribution < -0.4 is 4.74 Å². The van der Waals surface area contributed by atoms with Crippen LogP contribution in [0.15, 0.2) is 60.7 Å². The lowest BCUT2D eigenvalue weighted by Crippen LogP contribution is -2.33. The largest absolute Gasteiger partial charge is 0.488 e. The molecule has 2 heterocycles. The molecule has 28 heavy (non-hydrogen) atoms. The van der Waals surface area contributed by atoms with E-state index in [0.717, 1.165) is 22.6 Å². The van der Waals surface area contributed by atoms with Crippen molar-refractivity contribution in [2.45, 2.75) is 13.0 Å². The van der Waals surface area contributed by atoms with E-state index in [1.54, 1.807) is 35.1 Å². The van der Waals surface area contributed by atoms with Crippen LogP contribution in [-0.4, -0.2) is 39.2 Å². The van der Waals surface area contributed by atoms with E-state index in [-0.39, 0.29) is 18.6 Å². The number of fused-ring (bicyclic) bond motifs is 1. The van der Waals surface area contributed by atoms with Gasteiger partial charge in [0.2, 0.25) is 0 Å². The molecule has 1 aliphatic rings. The number of nitrogens with zero attached hydrogens (tertiary/aromatic N) is 4. The van der Waals surface area contributed by atoms with Gasteiger partial charge in [0.15, 0.2) is 0 Å². The first kappa shape index (κ1) is 18.3. The summed E-state index contributed by atoms with van der Waals surface area (Å²) in [5.41, 5.74) is 3.36. The van der Waals surface area contributed by atoms with E-state index in [1.807, 2.05) is 43.3 Å². The smallest absolute Gasteiger partial charge is 0.253 e. The van der Waals surface area contributed by atoms with Crippen molar-refractivity contribution in [1.82, 2.24) is 19.7 Å². The Bertz CT molecular complexity index is 1030. The van der Waals surface area contributed by atoms with Gasteiger partial charge in [0.05, 0.1) is 17.3 Å². The molecule has 142 valence electrons. The van der Waals surface area contributed by atoms with Crippen molar-refractivity contribution < 1.29 is 9.53 Å². The highest BCUT2D eigenvalue weighted by atomic mass is 35.5. The molecule has 2 aromatic carbocycles. The number of rotatable bonds is 4. The summed E-state index contributed by atoms with van der Waals surface area (Å²) in [6.07, 6.45) is 4.99. The molecular formula is C21H19ClN4O2. The molecule has 0 bridgehead atoms. The molecule has 0 saturated heterocycles. The fraction of sp³-hybridized carbons (Fsp3) is 0.190. The zero-order valence-corrected chi connectivity index (χ0v) is 16.3. The number of carbonyl (C=O) groups is 1. The monoisotopic (exact) mass is 394 g/mol. The number of amides is 1. The normalized spacial score (nSPS) is 13.9. The first-order chi connectivity index (χ1) is 13.5. The molecule has 1 unspecified atom stereocenters. The molecule has 0 fully saturated rings. The third-order valence-electron chi connectivity index (χ3n) is 4.92. The molecule has 1 atom stereocenters. The molecule has 3 aromatic rings. The lowest BCUT2D eigenvalue weighted by atomic mass is 10.0. The van der Waals surface area contributed by atoms with E-state index < -0.39 is 0 Å². The van der Waals surface area contributed by atoms with Gasteiger partial charge in [-0.2, -0.15) is 5.10 Å². The van der Waals surface area contributed by atoms with Gasteiger partial charge in [-0.05, 0) is 48.9 Å². The lowest BCUT2D eigenvalue weighted by Gasteiger charge is -2.28. The summed E-state index contributed by atoms with van der Waals surface area (Å²) in [5.74, 6) is 0.666. The molecule has 6 nitrogen and oxygen atoms in total. The van der Waals surface area contributed by atoms with Crippen LogP contribution in [0.25, 0.3) is 11.8 Å². The average Bonchev–Trinajstić information content (AvgIpc) is 3.26. The predicted octanol–water partition coefficient (Wildman–Crippen LogP) is 3.92. The Balaban J connectivity index is 1.52. The molecule has 0 aliphatic carbocycles. The molecule has 0 saturated carbocycles. The molecule has 0 N–H and O–H groups in total.